The number of anilines is 1. The number of rotatable bonds is 4. The average molecular weight is 427 g/mol. The molecule has 1 aromatic heterocycles. The number of para-hydroxylation sites is 2. The Kier molecular flexibility index (Phi) is 4.58. The van der Waals surface area contributed by atoms with Crippen molar-refractivity contribution in [3.63, 3.8) is 0 Å². The van der Waals surface area contributed by atoms with Crippen LogP contribution in [0, 0.1) is 20.8 Å². The molecule has 30 heavy (non-hydrogen) atoms. The monoisotopic (exact) mass is 427 g/mol. The third-order valence-corrected chi connectivity index (χ3v) is 7.44. The summed E-state index contributed by atoms with van der Waals surface area (Å²) < 4.78 is 38.8. The Hall–Kier alpha value is -3.33. The zero-order valence-electron chi connectivity index (χ0n) is 16.7. The van der Waals surface area contributed by atoms with E-state index in [0.717, 1.165) is 5.56 Å². The molecule has 1 unspecified atom stereocenters. The number of carbonyl (C=O) groups is 1. The van der Waals surface area contributed by atoms with Crippen LogP contribution in [-0.4, -0.2) is 31.0 Å². The van der Waals surface area contributed by atoms with Crippen molar-refractivity contribution in [2.45, 2.75) is 30.6 Å². The summed E-state index contributed by atoms with van der Waals surface area (Å²) in [5, 5.41) is 6.90. The summed E-state index contributed by atoms with van der Waals surface area (Å²) in [5.74, 6) is -0.400. The van der Waals surface area contributed by atoms with E-state index in [1.807, 2.05) is 6.92 Å². The van der Waals surface area contributed by atoms with E-state index in [2.05, 4.69) is 10.5 Å². The maximum Gasteiger partial charge on any atom is 0.307 e. The molecule has 0 saturated heterocycles. The van der Waals surface area contributed by atoms with Crippen LogP contribution >= 0.6 is 0 Å². The number of benzene rings is 2. The molecule has 1 atom stereocenters. The Morgan fingerprint density at radius 2 is 1.90 bits per heavy atom. The number of amides is 1. The molecule has 0 saturated carbocycles. The SMILES string of the molecule is Cc1ccc(S(=O)(=O)C2(C(N)=O)CNc3ccccc3O2)c(-c2c(C)noc2C)c1. The Bertz CT molecular complexity index is 1250. The van der Waals surface area contributed by atoms with E-state index in [9.17, 15) is 13.2 Å². The van der Waals surface area contributed by atoms with E-state index in [0.29, 0.717) is 28.3 Å². The van der Waals surface area contributed by atoms with Gasteiger partial charge in [0.15, 0.2) is 0 Å². The number of aryl methyl sites for hydroxylation is 3. The number of primary amides is 1. The highest BCUT2D eigenvalue weighted by atomic mass is 32.2. The number of nitrogens with two attached hydrogens (primary N) is 1. The van der Waals surface area contributed by atoms with Gasteiger partial charge in [-0.3, -0.25) is 4.79 Å². The van der Waals surface area contributed by atoms with E-state index < -0.39 is 20.7 Å². The smallest absolute Gasteiger partial charge is 0.307 e. The Labute approximate surface area is 173 Å². The van der Waals surface area contributed by atoms with Gasteiger partial charge in [0.1, 0.15) is 11.5 Å². The first kappa shape index (κ1) is 20.0. The number of aromatic nitrogens is 1. The van der Waals surface area contributed by atoms with E-state index in [4.69, 9.17) is 15.0 Å². The van der Waals surface area contributed by atoms with Gasteiger partial charge in [-0.1, -0.05) is 28.9 Å². The second kappa shape index (κ2) is 6.88. The highest BCUT2D eigenvalue weighted by Gasteiger charge is 2.55. The third kappa shape index (κ3) is 2.85. The van der Waals surface area contributed by atoms with Crippen LogP contribution in [0.15, 0.2) is 51.9 Å². The zero-order chi connectivity index (χ0) is 21.7. The molecule has 0 fully saturated rings. The van der Waals surface area contributed by atoms with Crippen molar-refractivity contribution in [1.29, 1.82) is 0 Å². The van der Waals surface area contributed by atoms with Gasteiger partial charge in [0.05, 0.1) is 22.8 Å². The number of nitrogens with one attached hydrogen (secondary N) is 1. The number of hydrogen-bond donors (Lipinski definition) is 2. The summed E-state index contributed by atoms with van der Waals surface area (Å²) in [6.07, 6.45) is 0. The quantitative estimate of drug-likeness (QED) is 0.656. The molecule has 156 valence electrons. The van der Waals surface area contributed by atoms with Crippen LogP contribution in [0.25, 0.3) is 11.1 Å². The van der Waals surface area contributed by atoms with E-state index in [1.54, 1.807) is 50.2 Å². The lowest BCUT2D eigenvalue weighted by Gasteiger charge is -2.36. The molecule has 1 aliphatic rings. The zero-order valence-corrected chi connectivity index (χ0v) is 17.5. The van der Waals surface area contributed by atoms with Crippen molar-refractivity contribution in [3.05, 3.63) is 59.5 Å². The topological polar surface area (TPSA) is 125 Å². The molecule has 0 spiro atoms. The van der Waals surface area contributed by atoms with Crippen LogP contribution in [0.2, 0.25) is 0 Å². The van der Waals surface area contributed by atoms with Gasteiger partial charge in [0.25, 0.3) is 5.91 Å². The van der Waals surface area contributed by atoms with Gasteiger partial charge in [0, 0.05) is 11.1 Å². The second-order valence-electron chi connectivity index (χ2n) is 7.27. The minimum absolute atomic E-state index is 0.0810. The van der Waals surface area contributed by atoms with Gasteiger partial charge in [-0.25, -0.2) is 8.42 Å². The lowest BCUT2D eigenvalue weighted by atomic mass is 10.0. The van der Waals surface area contributed by atoms with Crippen LogP contribution in [-0.2, 0) is 14.6 Å². The lowest BCUT2D eigenvalue weighted by molar-refractivity contribution is -0.126. The summed E-state index contributed by atoms with van der Waals surface area (Å²) in [6, 6.07) is 11.6. The minimum Gasteiger partial charge on any atom is -0.458 e. The highest BCUT2D eigenvalue weighted by molar-refractivity contribution is 7.93. The van der Waals surface area contributed by atoms with Gasteiger partial charge in [-0.15, -0.1) is 0 Å². The largest absolute Gasteiger partial charge is 0.458 e. The van der Waals surface area contributed by atoms with Gasteiger partial charge >= 0.3 is 4.93 Å². The summed E-state index contributed by atoms with van der Waals surface area (Å²) >= 11 is 0. The second-order valence-corrected chi connectivity index (χ2v) is 9.38. The summed E-state index contributed by atoms with van der Waals surface area (Å²) in [7, 11) is -4.40. The van der Waals surface area contributed by atoms with Gasteiger partial charge in [-0.2, -0.15) is 0 Å². The fraction of sp³-hybridized carbons (Fsp3) is 0.238. The average Bonchev–Trinajstić information content (AvgIpc) is 3.05. The van der Waals surface area contributed by atoms with Crippen molar-refractivity contribution in [2.24, 2.45) is 5.73 Å². The third-order valence-electron chi connectivity index (χ3n) is 5.21. The molecule has 1 amide bonds. The molecule has 8 nitrogen and oxygen atoms in total. The number of sulfone groups is 1. The number of hydrogen-bond acceptors (Lipinski definition) is 7. The van der Waals surface area contributed by atoms with E-state index >= 15 is 0 Å². The van der Waals surface area contributed by atoms with Gasteiger partial charge in [-0.05, 0) is 45.0 Å². The molecule has 0 aliphatic carbocycles. The molecular weight excluding hydrogens is 406 g/mol. The number of ether oxygens (including phenoxy) is 1. The number of carbonyl (C=O) groups excluding carboxylic acids is 1. The first-order valence-corrected chi connectivity index (χ1v) is 10.8. The molecule has 4 rings (SSSR count). The van der Waals surface area contributed by atoms with Gasteiger partial charge in [0.2, 0.25) is 9.84 Å². The van der Waals surface area contributed by atoms with Crippen molar-refractivity contribution in [3.8, 4) is 16.9 Å². The molecule has 2 aromatic carbocycles. The highest BCUT2D eigenvalue weighted by Crippen LogP contribution is 2.41. The normalized spacial score (nSPS) is 18.2. The Morgan fingerprint density at radius 1 is 1.17 bits per heavy atom. The van der Waals surface area contributed by atoms with E-state index in [1.165, 1.54) is 6.07 Å². The molecule has 9 heteroatoms. The fourth-order valence-electron chi connectivity index (χ4n) is 3.67. The molecule has 2 heterocycles. The Morgan fingerprint density at radius 3 is 2.57 bits per heavy atom. The van der Waals surface area contributed by atoms with Crippen LogP contribution in [0.4, 0.5) is 5.69 Å². The van der Waals surface area contributed by atoms with Crippen molar-refractivity contribution < 1.29 is 22.5 Å². The Balaban J connectivity index is 1.95. The fourth-order valence-corrected chi connectivity index (χ4v) is 5.44. The first-order valence-electron chi connectivity index (χ1n) is 9.28. The molecule has 0 radical (unpaired) electrons. The summed E-state index contributed by atoms with van der Waals surface area (Å²) in [5.41, 5.74) is 8.53. The maximum atomic E-state index is 13.9. The molecule has 3 aromatic rings. The predicted octanol–water partition coefficient (Wildman–Crippen LogP) is 2.73. The van der Waals surface area contributed by atoms with Crippen molar-refractivity contribution >= 4 is 21.4 Å². The van der Waals surface area contributed by atoms with Crippen molar-refractivity contribution in [2.75, 3.05) is 11.9 Å². The number of fused-ring (bicyclic) bond motifs is 1. The van der Waals surface area contributed by atoms with Crippen LogP contribution < -0.4 is 15.8 Å². The standard InChI is InChI=1S/C21H21N3O5S/c1-12-8-9-18(15(10-12)19-13(2)24-29-14(19)3)30(26,27)21(20(22)25)11-23-16-6-4-5-7-17(16)28-21/h4-10,23H,11H2,1-3H3,(H2,22,25). The minimum atomic E-state index is -4.40. The molecule has 3 N–H and O–H groups in total. The van der Waals surface area contributed by atoms with Crippen molar-refractivity contribution in [1.82, 2.24) is 5.16 Å². The van der Waals surface area contributed by atoms with E-state index in [-0.39, 0.29) is 17.2 Å². The number of nitrogens with zero attached hydrogens (tertiary/aromatic N) is 1. The molecular formula is C21H21N3O5S. The van der Waals surface area contributed by atoms with Gasteiger partial charge < -0.3 is 20.3 Å². The summed E-state index contributed by atoms with van der Waals surface area (Å²) in [4.78, 5) is 10.2. The molecule has 0 bridgehead atoms. The van der Waals surface area contributed by atoms with Crippen LogP contribution in [0.1, 0.15) is 17.0 Å². The maximum absolute atomic E-state index is 13.9. The molecule has 1 aliphatic heterocycles. The predicted molar refractivity (Wildman–Crippen MR) is 111 cm³/mol. The first-order chi connectivity index (χ1) is 14.2. The lowest BCUT2D eigenvalue weighted by Crippen LogP contribution is -2.61. The van der Waals surface area contributed by atoms with Crippen LogP contribution in [0.5, 0.6) is 5.75 Å². The van der Waals surface area contributed by atoms with Crippen LogP contribution in [0.3, 0.4) is 0 Å². The summed E-state index contributed by atoms with van der Waals surface area (Å²) in [6.45, 7) is 4.95.